The molecule has 1 rings (SSSR count). The zero-order chi connectivity index (χ0) is 12.5. The van der Waals surface area contributed by atoms with Crippen LogP contribution < -0.4 is 5.73 Å². The van der Waals surface area contributed by atoms with E-state index in [0.717, 1.165) is 26.1 Å². The van der Waals surface area contributed by atoms with E-state index in [1.54, 1.807) is 0 Å². The second-order valence-corrected chi connectivity index (χ2v) is 4.16. The Morgan fingerprint density at radius 3 is 2.35 bits per heavy atom. The van der Waals surface area contributed by atoms with Crippen LogP contribution in [0, 0.1) is 0 Å². The number of nitrogens with zero attached hydrogens (tertiary/aromatic N) is 1. The fourth-order valence-electron chi connectivity index (χ4n) is 2.06. The monoisotopic (exact) mass is 232 g/mol. The lowest BCUT2D eigenvalue weighted by Gasteiger charge is -2.27. The van der Waals surface area contributed by atoms with E-state index in [1.807, 2.05) is 6.07 Å². The van der Waals surface area contributed by atoms with E-state index in [1.165, 1.54) is 5.56 Å². The molecule has 0 aliphatic carbocycles. The van der Waals surface area contributed by atoms with E-state index in [4.69, 9.17) is 5.73 Å². The van der Waals surface area contributed by atoms with Crippen molar-refractivity contribution in [2.45, 2.75) is 26.3 Å². The van der Waals surface area contributed by atoms with Crippen LogP contribution in [0.25, 0.3) is 6.08 Å². The second-order valence-electron chi connectivity index (χ2n) is 4.16. The molecule has 0 aromatic heterocycles. The summed E-state index contributed by atoms with van der Waals surface area (Å²) in [5, 5.41) is 0. The van der Waals surface area contributed by atoms with Gasteiger partial charge in [-0.2, -0.15) is 0 Å². The van der Waals surface area contributed by atoms with Crippen LogP contribution in [0.5, 0.6) is 0 Å². The number of benzene rings is 1. The van der Waals surface area contributed by atoms with Crippen LogP contribution in [-0.4, -0.2) is 30.6 Å². The molecule has 0 radical (unpaired) electrons. The zero-order valence-corrected chi connectivity index (χ0v) is 11.0. The van der Waals surface area contributed by atoms with Crippen LogP contribution in [0.2, 0.25) is 0 Å². The Hall–Kier alpha value is -1.12. The van der Waals surface area contributed by atoms with Gasteiger partial charge in [-0.15, -0.1) is 0 Å². The maximum absolute atomic E-state index is 5.83. The second kappa shape index (κ2) is 8.04. The van der Waals surface area contributed by atoms with E-state index in [-0.39, 0.29) is 0 Å². The van der Waals surface area contributed by atoms with Crippen LogP contribution >= 0.6 is 0 Å². The molecule has 1 aromatic rings. The van der Waals surface area contributed by atoms with Gasteiger partial charge in [-0.25, -0.2) is 0 Å². The molecule has 0 fully saturated rings. The lowest BCUT2D eigenvalue weighted by atomic mass is 10.1. The van der Waals surface area contributed by atoms with Gasteiger partial charge >= 0.3 is 0 Å². The van der Waals surface area contributed by atoms with Crippen molar-refractivity contribution in [2.75, 3.05) is 19.6 Å². The molecule has 0 saturated carbocycles. The molecule has 94 valence electrons. The Morgan fingerprint density at radius 1 is 1.18 bits per heavy atom. The van der Waals surface area contributed by atoms with Crippen LogP contribution in [0.4, 0.5) is 0 Å². The van der Waals surface area contributed by atoms with Gasteiger partial charge in [0.1, 0.15) is 0 Å². The molecular formula is C15H24N2. The molecule has 0 amide bonds. The SMILES string of the molecule is CCN(CC)C(CN)C/C=C\c1ccccc1. The molecule has 0 heterocycles. The van der Waals surface area contributed by atoms with Crippen molar-refractivity contribution < 1.29 is 0 Å². The molecule has 2 N–H and O–H groups in total. The number of likely N-dealkylation sites (N-methyl/N-ethyl adjacent to an activating group) is 1. The lowest BCUT2D eigenvalue weighted by Crippen LogP contribution is -2.40. The van der Waals surface area contributed by atoms with Gasteiger partial charge in [-0.1, -0.05) is 56.3 Å². The van der Waals surface area contributed by atoms with Crippen LogP contribution in [-0.2, 0) is 0 Å². The quantitative estimate of drug-likeness (QED) is 0.783. The summed E-state index contributed by atoms with van der Waals surface area (Å²) in [6, 6.07) is 10.9. The Morgan fingerprint density at radius 2 is 1.82 bits per heavy atom. The number of hydrogen-bond acceptors (Lipinski definition) is 2. The maximum Gasteiger partial charge on any atom is 0.0252 e. The predicted molar refractivity (Wildman–Crippen MR) is 75.9 cm³/mol. The molecule has 1 unspecified atom stereocenters. The lowest BCUT2D eigenvalue weighted by molar-refractivity contribution is 0.223. The normalized spacial score (nSPS) is 13.4. The third-order valence-corrected chi connectivity index (χ3v) is 3.12. The van der Waals surface area contributed by atoms with E-state index in [0.29, 0.717) is 6.04 Å². The Bertz CT molecular complexity index is 315. The summed E-state index contributed by atoms with van der Waals surface area (Å²) in [6.45, 7) is 7.23. The van der Waals surface area contributed by atoms with Gasteiger partial charge in [0.05, 0.1) is 0 Å². The van der Waals surface area contributed by atoms with Crippen LogP contribution in [0.3, 0.4) is 0 Å². The van der Waals surface area contributed by atoms with Gasteiger partial charge in [0.2, 0.25) is 0 Å². The van der Waals surface area contributed by atoms with Crippen LogP contribution in [0.15, 0.2) is 36.4 Å². The van der Waals surface area contributed by atoms with E-state index >= 15 is 0 Å². The summed E-state index contributed by atoms with van der Waals surface area (Å²) in [5.74, 6) is 0. The van der Waals surface area contributed by atoms with Crippen LogP contribution in [0.1, 0.15) is 25.8 Å². The zero-order valence-electron chi connectivity index (χ0n) is 11.0. The summed E-state index contributed by atoms with van der Waals surface area (Å²) < 4.78 is 0. The average Bonchev–Trinajstić information content (AvgIpc) is 2.39. The van der Waals surface area contributed by atoms with Crippen molar-refractivity contribution in [3.63, 3.8) is 0 Å². The molecule has 1 atom stereocenters. The first-order valence-corrected chi connectivity index (χ1v) is 6.47. The fourth-order valence-corrected chi connectivity index (χ4v) is 2.06. The summed E-state index contributed by atoms with van der Waals surface area (Å²) in [7, 11) is 0. The highest BCUT2D eigenvalue weighted by atomic mass is 15.1. The topological polar surface area (TPSA) is 29.3 Å². The van der Waals surface area contributed by atoms with Crippen molar-refractivity contribution in [1.82, 2.24) is 4.90 Å². The van der Waals surface area contributed by atoms with Gasteiger partial charge in [0.25, 0.3) is 0 Å². The van der Waals surface area contributed by atoms with Crippen molar-refractivity contribution >= 4 is 6.08 Å². The molecule has 2 heteroatoms. The molecule has 0 aliphatic rings. The van der Waals surface area contributed by atoms with Gasteiger partial charge < -0.3 is 5.73 Å². The highest BCUT2D eigenvalue weighted by Gasteiger charge is 2.11. The first-order chi connectivity index (χ1) is 8.31. The Balaban J connectivity index is 2.50. The summed E-state index contributed by atoms with van der Waals surface area (Å²) in [5.41, 5.74) is 7.08. The minimum absolute atomic E-state index is 0.463. The molecule has 2 nitrogen and oxygen atoms in total. The third kappa shape index (κ3) is 4.72. The van der Waals surface area contributed by atoms with Crippen molar-refractivity contribution in [1.29, 1.82) is 0 Å². The molecular weight excluding hydrogens is 208 g/mol. The van der Waals surface area contributed by atoms with E-state index < -0.39 is 0 Å². The summed E-state index contributed by atoms with van der Waals surface area (Å²) in [6.07, 6.45) is 5.42. The Labute approximate surface area is 105 Å². The number of rotatable bonds is 7. The molecule has 0 bridgehead atoms. The van der Waals surface area contributed by atoms with Gasteiger partial charge in [-0.3, -0.25) is 4.90 Å². The smallest absolute Gasteiger partial charge is 0.0252 e. The maximum atomic E-state index is 5.83. The molecule has 0 aliphatic heterocycles. The van der Waals surface area contributed by atoms with E-state index in [9.17, 15) is 0 Å². The highest BCUT2D eigenvalue weighted by Crippen LogP contribution is 2.07. The summed E-state index contributed by atoms with van der Waals surface area (Å²) >= 11 is 0. The summed E-state index contributed by atoms with van der Waals surface area (Å²) in [4.78, 5) is 2.41. The minimum Gasteiger partial charge on any atom is -0.329 e. The molecule has 17 heavy (non-hydrogen) atoms. The fraction of sp³-hybridized carbons (Fsp3) is 0.467. The van der Waals surface area contributed by atoms with Crippen molar-refractivity contribution in [2.24, 2.45) is 5.73 Å². The number of nitrogens with two attached hydrogens (primary N) is 1. The van der Waals surface area contributed by atoms with Gasteiger partial charge in [0, 0.05) is 12.6 Å². The largest absolute Gasteiger partial charge is 0.329 e. The van der Waals surface area contributed by atoms with Crippen molar-refractivity contribution in [3.8, 4) is 0 Å². The minimum atomic E-state index is 0.463. The first-order valence-electron chi connectivity index (χ1n) is 6.47. The Kier molecular flexibility index (Phi) is 6.60. The third-order valence-electron chi connectivity index (χ3n) is 3.12. The molecule has 0 spiro atoms. The predicted octanol–water partition coefficient (Wildman–Crippen LogP) is 2.76. The number of hydrogen-bond donors (Lipinski definition) is 1. The van der Waals surface area contributed by atoms with E-state index in [2.05, 4.69) is 55.2 Å². The van der Waals surface area contributed by atoms with Crippen molar-refractivity contribution in [3.05, 3.63) is 42.0 Å². The average molecular weight is 232 g/mol. The molecule has 0 saturated heterocycles. The van der Waals surface area contributed by atoms with Gasteiger partial charge in [0.15, 0.2) is 0 Å². The first kappa shape index (κ1) is 13.9. The van der Waals surface area contributed by atoms with Gasteiger partial charge in [-0.05, 0) is 25.1 Å². The highest BCUT2D eigenvalue weighted by molar-refractivity contribution is 5.48. The standard InChI is InChI=1S/C15H24N2/c1-3-17(4-2)15(13-16)12-8-11-14-9-6-5-7-10-14/h5-11,15H,3-4,12-13,16H2,1-2H3/b11-8-. The molecule has 1 aromatic carbocycles.